The fraction of sp³-hybridized carbons (Fsp3) is 0.467. The molecule has 3 aliphatic rings. The van der Waals surface area contributed by atoms with E-state index in [1.54, 1.807) is 4.31 Å². The van der Waals surface area contributed by atoms with Gasteiger partial charge in [-0.2, -0.15) is 4.31 Å². The van der Waals surface area contributed by atoms with Gasteiger partial charge in [0.05, 0.1) is 6.10 Å². The van der Waals surface area contributed by atoms with E-state index in [4.69, 9.17) is 4.74 Å². The van der Waals surface area contributed by atoms with E-state index >= 15 is 0 Å². The number of hydrogen-bond acceptors (Lipinski definition) is 3. The third kappa shape index (κ3) is 1.57. The first-order chi connectivity index (χ1) is 9.51. The first kappa shape index (κ1) is 12.6. The molecule has 0 amide bonds. The van der Waals surface area contributed by atoms with Crippen LogP contribution in [0.15, 0.2) is 36.4 Å². The molecule has 0 radical (unpaired) electrons. The van der Waals surface area contributed by atoms with Crippen molar-refractivity contribution >= 4 is 10.0 Å². The van der Waals surface area contributed by atoms with Crippen LogP contribution >= 0.6 is 0 Å². The van der Waals surface area contributed by atoms with Crippen LogP contribution in [0, 0.1) is 6.92 Å². The number of benzene rings is 1. The van der Waals surface area contributed by atoms with Crippen molar-refractivity contribution in [1.29, 1.82) is 0 Å². The number of ether oxygens (including phenoxy) is 1. The highest BCUT2D eigenvalue weighted by Crippen LogP contribution is 2.48. The predicted molar refractivity (Wildman–Crippen MR) is 75.7 cm³/mol. The Morgan fingerprint density at radius 1 is 1.40 bits per heavy atom. The van der Waals surface area contributed by atoms with E-state index in [9.17, 15) is 8.42 Å². The van der Waals surface area contributed by atoms with E-state index in [-0.39, 0.29) is 6.10 Å². The standard InChI is InChI=1S/C15H17NO3S/c1-11-4-2-3-5-12(11)9-16-10-15-7-6-13(19-15)8-14(15)20(16,17)18/h2-7,13-14H,8-10H2,1H3/t13-,14-,15-/m0/s1. The van der Waals surface area contributed by atoms with Crippen molar-refractivity contribution < 1.29 is 13.2 Å². The summed E-state index contributed by atoms with van der Waals surface area (Å²) in [6.45, 7) is 2.90. The van der Waals surface area contributed by atoms with Gasteiger partial charge >= 0.3 is 0 Å². The third-order valence-electron chi connectivity index (χ3n) is 4.71. The Bertz CT molecular complexity index is 697. The minimum absolute atomic E-state index is 0.00427. The van der Waals surface area contributed by atoms with Gasteiger partial charge in [-0.3, -0.25) is 0 Å². The zero-order valence-corrected chi connectivity index (χ0v) is 12.1. The number of hydrogen-bond donors (Lipinski definition) is 0. The molecule has 0 unspecified atom stereocenters. The predicted octanol–water partition coefficient (Wildman–Crippen LogP) is 1.61. The normalized spacial score (nSPS) is 37.5. The van der Waals surface area contributed by atoms with E-state index in [0.29, 0.717) is 19.5 Å². The highest BCUT2D eigenvalue weighted by Gasteiger charge is 2.63. The number of fused-ring (bicyclic) bond motifs is 1. The average Bonchev–Trinajstić information content (AvgIpc) is 3.03. The summed E-state index contributed by atoms with van der Waals surface area (Å²) in [4.78, 5) is 0. The molecular formula is C15H17NO3S. The Hall–Kier alpha value is -1.17. The molecule has 3 atom stereocenters. The Labute approximate surface area is 119 Å². The molecule has 2 saturated heterocycles. The fourth-order valence-corrected chi connectivity index (χ4v) is 5.79. The molecule has 3 heterocycles. The van der Waals surface area contributed by atoms with Crippen LogP contribution in [-0.2, 0) is 21.3 Å². The lowest BCUT2D eigenvalue weighted by Gasteiger charge is -2.20. The maximum atomic E-state index is 12.7. The topological polar surface area (TPSA) is 46.6 Å². The van der Waals surface area contributed by atoms with Gasteiger partial charge in [0.1, 0.15) is 10.9 Å². The Morgan fingerprint density at radius 2 is 2.20 bits per heavy atom. The smallest absolute Gasteiger partial charge is 0.220 e. The van der Waals surface area contributed by atoms with E-state index in [0.717, 1.165) is 11.1 Å². The monoisotopic (exact) mass is 291 g/mol. The molecular weight excluding hydrogens is 274 g/mol. The molecule has 0 aromatic heterocycles. The van der Waals surface area contributed by atoms with Gasteiger partial charge < -0.3 is 4.74 Å². The second-order valence-electron chi connectivity index (χ2n) is 5.93. The summed E-state index contributed by atoms with van der Waals surface area (Å²) in [6.07, 6.45) is 4.56. The highest BCUT2D eigenvalue weighted by molar-refractivity contribution is 7.90. The maximum Gasteiger partial charge on any atom is 0.220 e. The number of aryl methyl sites for hydroxylation is 1. The first-order valence-electron chi connectivity index (χ1n) is 6.92. The molecule has 1 aromatic rings. The summed E-state index contributed by atoms with van der Waals surface area (Å²) < 4.78 is 32.8. The Kier molecular flexibility index (Phi) is 2.47. The summed E-state index contributed by atoms with van der Waals surface area (Å²) in [6, 6.07) is 7.92. The van der Waals surface area contributed by atoms with Crippen LogP contribution in [0.2, 0.25) is 0 Å². The maximum absolute atomic E-state index is 12.7. The van der Waals surface area contributed by atoms with Gasteiger partial charge in [-0.15, -0.1) is 0 Å². The van der Waals surface area contributed by atoms with Gasteiger partial charge in [-0.05, 0) is 24.5 Å². The van der Waals surface area contributed by atoms with Crippen LogP contribution < -0.4 is 0 Å². The molecule has 1 aromatic carbocycles. The van der Waals surface area contributed by atoms with Crippen molar-refractivity contribution in [3.63, 3.8) is 0 Å². The van der Waals surface area contributed by atoms with Crippen LogP contribution in [0.3, 0.4) is 0 Å². The zero-order valence-electron chi connectivity index (χ0n) is 11.3. The Balaban J connectivity index is 1.68. The molecule has 20 heavy (non-hydrogen) atoms. The van der Waals surface area contributed by atoms with Gasteiger partial charge in [-0.1, -0.05) is 36.4 Å². The van der Waals surface area contributed by atoms with Gasteiger partial charge in [0.15, 0.2) is 0 Å². The van der Waals surface area contributed by atoms with Crippen molar-refractivity contribution in [2.75, 3.05) is 6.54 Å². The van der Waals surface area contributed by atoms with Gasteiger partial charge in [0.25, 0.3) is 0 Å². The molecule has 4 rings (SSSR count). The van der Waals surface area contributed by atoms with E-state index in [1.165, 1.54) is 0 Å². The Morgan fingerprint density at radius 3 is 2.90 bits per heavy atom. The van der Waals surface area contributed by atoms with Crippen LogP contribution in [0.1, 0.15) is 17.5 Å². The van der Waals surface area contributed by atoms with Crippen molar-refractivity contribution in [2.24, 2.45) is 0 Å². The molecule has 106 valence electrons. The molecule has 4 nitrogen and oxygen atoms in total. The van der Waals surface area contributed by atoms with Crippen molar-refractivity contribution in [3.05, 3.63) is 47.5 Å². The fourth-order valence-electron chi connectivity index (χ4n) is 3.59. The molecule has 2 bridgehead atoms. The lowest BCUT2D eigenvalue weighted by Crippen LogP contribution is -2.36. The van der Waals surface area contributed by atoms with Crippen LogP contribution in [-0.4, -0.2) is 36.2 Å². The summed E-state index contributed by atoms with van der Waals surface area (Å²) in [5.74, 6) is 0. The summed E-state index contributed by atoms with van der Waals surface area (Å²) in [5, 5.41) is -0.394. The summed E-state index contributed by atoms with van der Waals surface area (Å²) >= 11 is 0. The highest BCUT2D eigenvalue weighted by atomic mass is 32.2. The van der Waals surface area contributed by atoms with Gasteiger partial charge in [0.2, 0.25) is 10.0 Å². The van der Waals surface area contributed by atoms with Gasteiger partial charge in [0, 0.05) is 13.1 Å². The molecule has 3 aliphatic heterocycles. The van der Waals surface area contributed by atoms with E-state index in [2.05, 4.69) is 0 Å². The van der Waals surface area contributed by atoms with Crippen molar-refractivity contribution in [2.45, 2.75) is 36.8 Å². The van der Waals surface area contributed by atoms with Crippen molar-refractivity contribution in [1.82, 2.24) is 4.31 Å². The lowest BCUT2D eigenvalue weighted by atomic mass is 9.94. The molecule has 2 fully saturated rings. The van der Waals surface area contributed by atoms with Crippen LogP contribution in [0.25, 0.3) is 0 Å². The number of nitrogens with zero attached hydrogens (tertiary/aromatic N) is 1. The first-order valence-corrected chi connectivity index (χ1v) is 8.42. The third-order valence-corrected chi connectivity index (χ3v) is 6.99. The number of rotatable bonds is 2. The molecule has 0 aliphatic carbocycles. The molecule has 5 heteroatoms. The van der Waals surface area contributed by atoms with Gasteiger partial charge in [-0.25, -0.2) is 8.42 Å². The molecule has 0 N–H and O–H groups in total. The SMILES string of the molecule is Cc1ccccc1CN1C[C@@]23C=C[C@@H](C[C@@H]2S1(=O)=O)O3. The lowest BCUT2D eigenvalue weighted by molar-refractivity contribution is 0.0298. The molecule has 1 spiro atoms. The van der Waals surface area contributed by atoms with Crippen LogP contribution in [0.4, 0.5) is 0 Å². The van der Waals surface area contributed by atoms with E-state index in [1.807, 2.05) is 43.3 Å². The average molecular weight is 291 g/mol. The van der Waals surface area contributed by atoms with Crippen molar-refractivity contribution in [3.8, 4) is 0 Å². The minimum Gasteiger partial charge on any atom is -0.361 e. The molecule has 0 saturated carbocycles. The second kappa shape index (κ2) is 3.93. The summed E-state index contributed by atoms with van der Waals surface area (Å²) in [5.41, 5.74) is 1.59. The minimum atomic E-state index is -3.26. The number of sulfonamides is 1. The van der Waals surface area contributed by atoms with E-state index < -0.39 is 20.9 Å². The second-order valence-corrected chi connectivity index (χ2v) is 8.05. The quantitative estimate of drug-likeness (QED) is 0.778. The zero-order chi connectivity index (χ0) is 14.0. The largest absolute Gasteiger partial charge is 0.361 e. The summed E-state index contributed by atoms with van der Waals surface area (Å²) in [7, 11) is -3.26. The van der Waals surface area contributed by atoms with Crippen LogP contribution in [0.5, 0.6) is 0 Å².